The number of aromatic nitrogens is 1. The average molecular weight is 465 g/mol. The summed E-state index contributed by atoms with van der Waals surface area (Å²) in [5, 5.41) is 12.2. The highest BCUT2D eigenvalue weighted by atomic mass is 35.5. The highest BCUT2D eigenvalue weighted by Gasteiger charge is 2.19. The van der Waals surface area contributed by atoms with Crippen LogP contribution in [0, 0.1) is 5.82 Å². The zero-order valence-electron chi connectivity index (χ0n) is 16.9. The molecule has 164 valence electrons. The van der Waals surface area contributed by atoms with Gasteiger partial charge in [0, 0.05) is 41.7 Å². The van der Waals surface area contributed by atoms with Crippen molar-refractivity contribution in [3.8, 4) is 5.75 Å². The quantitative estimate of drug-likeness (QED) is 0.484. The van der Waals surface area contributed by atoms with E-state index in [2.05, 4.69) is 4.98 Å². The van der Waals surface area contributed by atoms with Gasteiger partial charge in [0.15, 0.2) is 0 Å². The molecular weight excluding hydrogens is 443 g/mol. The van der Waals surface area contributed by atoms with Gasteiger partial charge >= 0.3 is 0 Å². The molecule has 3 rings (SSSR count). The summed E-state index contributed by atoms with van der Waals surface area (Å²) in [7, 11) is 1.56. The van der Waals surface area contributed by atoms with Gasteiger partial charge in [0.25, 0.3) is 5.91 Å². The van der Waals surface area contributed by atoms with E-state index in [0.29, 0.717) is 35.2 Å². The highest BCUT2D eigenvalue weighted by Crippen LogP contribution is 2.26. The van der Waals surface area contributed by atoms with E-state index in [9.17, 15) is 9.18 Å². The molecule has 3 aromatic rings. The van der Waals surface area contributed by atoms with E-state index < -0.39 is 5.82 Å². The van der Waals surface area contributed by atoms with Crippen LogP contribution in [0.25, 0.3) is 0 Å². The Balaban J connectivity index is 1.79. The van der Waals surface area contributed by atoms with Crippen molar-refractivity contribution >= 4 is 28.8 Å². The molecule has 0 saturated heterocycles. The third kappa shape index (κ3) is 6.48. The normalized spacial score (nSPS) is 10.8. The Kier molecular flexibility index (Phi) is 8.36. The maximum atomic E-state index is 13.3. The van der Waals surface area contributed by atoms with Crippen LogP contribution in [0.2, 0.25) is 5.02 Å². The molecule has 0 aliphatic heterocycles. The minimum Gasteiger partial charge on any atom is -0.486 e. The number of halogens is 2. The van der Waals surface area contributed by atoms with Crippen LogP contribution < -0.4 is 4.74 Å². The topological polar surface area (TPSA) is 71.9 Å². The maximum absolute atomic E-state index is 13.3. The predicted molar refractivity (Wildman–Crippen MR) is 117 cm³/mol. The number of nitrogens with zero attached hydrogens (tertiary/aromatic N) is 2. The molecule has 9 heteroatoms. The Morgan fingerprint density at radius 2 is 2.03 bits per heavy atom. The summed E-state index contributed by atoms with van der Waals surface area (Å²) in [6, 6.07) is 10.6. The first-order valence-corrected chi connectivity index (χ1v) is 10.7. The third-order valence-corrected chi connectivity index (χ3v) is 5.55. The van der Waals surface area contributed by atoms with E-state index in [1.165, 1.54) is 35.6 Å². The van der Waals surface area contributed by atoms with E-state index in [-0.39, 0.29) is 25.7 Å². The fraction of sp³-hybridized carbons (Fsp3) is 0.273. The lowest BCUT2D eigenvalue weighted by Gasteiger charge is -2.24. The lowest BCUT2D eigenvalue weighted by Crippen LogP contribution is -2.33. The SMILES string of the molecule is COCCN(Cc1cc(Cl)ccc1OCc1nc(CO)cs1)C(=O)c1ccc(F)cc1. The fourth-order valence-electron chi connectivity index (χ4n) is 2.87. The van der Waals surface area contributed by atoms with Crippen molar-refractivity contribution in [1.82, 2.24) is 9.88 Å². The van der Waals surface area contributed by atoms with Crippen molar-refractivity contribution in [3.05, 3.63) is 80.5 Å². The van der Waals surface area contributed by atoms with Crippen LogP contribution in [0.3, 0.4) is 0 Å². The number of benzene rings is 2. The van der Waals surface area contributed by atoms with Crippen molar-refractivity contribution in [2.75, 3.05) is 20.3 Å². The number of thiazole rings is 1. The molecule has 0 aliphatic rings. The van der Waals surface area contributed by atoms with Gasteiger partial charge in [-0.25, -0.2) is 9.37 Å². The van der Waals surface area contributed by atoms with E-state index in [4.69, 9.17) is 26.2 Å². The van der Waals surface area contributed by atoms with Gasteiger partial charge in [-0.1, -0.05) is 11.6 Å². The number of aliphatic hydroxyl groups is 1. The molecule has 1 heterocycles. The molecule has 0 unspecified atom stereocenters. The van der Waals surface area contributed by atoms with Crippen molar-refractivity contribution in [3.63, 3.8) is 0 Å². The van der Waals surface area contributed by atoms with Crippen LogP contribution in [0.15, 0.2) is 47.8 Å². The number of ether oxygens (including phenoxy) is 2. The molecule has 31 heavy (non-hydrogen) atoms. The fourth-order valence-corrected chi connectivity index (χ4v) is 3.77. The van der Waals surface area contributed by atoms with Crippen molar-refractivity contribution in [1.29, 1.82) is 0 Å². The third-order valence-electron chi connectivity index (χ3n) is 4.44. The first-order valence-electron chi connectivity index (χ1n) is 9.49. The second kappa shape index (κ2) is 11.2. The first kappa shape index (κ1) is 23.1. The molecule has 0 bridgehead atoms. The Morgan fingerprint density at radius 3 is 2.71 bits per heavy atom. The zero-order chi connectivity index (χ0) is 22.2. The molecule has 0 fully saturated rings. The van der Waals surface area contributed by atoms with Crippen molar-refractivity contribution in [2.24, 2.45) is 0 Å². The average Bonchev–Trinajstić information content (AvgIpc) is 3.24. The van der Waals surface area contributed by atoms with Crippen LogP contribution >= 0.6 is 22.9 Å². The zero-order valence-corrected chi connectivity index (χ0v) is 18.5. The minimum atomic E-state index is -0.405. The van der Waals surface area contributed by atoms with Gasteiger partial charge in [-0.15, -0.1) is 11.3 Å². The van der Waals surface area contributed by atoms with E-state index >= 15 is 0 Å². The summed E-state index contributed by atoms with van der Waals surface area (Å²) in [6.07, 6.45) is 0. The summed E-state index contributed by atoms with van der Waals surface area (Å²) in [4.78, 5) is 18.9. The number of carbonyl (C=O) groups is 1. The van der Waals surface area contributed by atoms with E-state index in [0.717, 1.165) is 10.6 Å². The van der Waals surface area contributed by atoms with Crippen LogP contribution in [0.4, 0.5) is 4.39 Å². The summed E-state index contributed by atoms with van der Waals surface area (Å²) < 4.78 is 24.3. The van der Waals surface area contributed by atoms with Gasteiger partial charge in [-0.05, 0) is 42.5 Å². The Bertz CT molecular complexity index is 1010. The number of amides is 1. The highest BCUT2D eigenvalue weighted by molar-refractivity contribution is 7.09. The molecule has 1 N–H and O–H groups in total. The number of hydrogen-bond acceptors (Lipinski definition) is 6. The Labute approximate surface area is 188 Å². The minimum absolute atomic E-state index is 0.122. The maximum Gasteiger partial charge on any atom is 0.254 e. The lowest BCUT2D eigenvalue weighted by molar-refractivity contribution is 0.0678. The van der Waals surface area contributed by atoms with Crippen LogP contribution in [-0.2, 0) is 24.5 Å². The second-order valence-electron chi connectivity index (χ2n) is 6.66. The number of rotatable bonds is 10. The van der Waals surface area contributed by atoms with Gasteiger partial charge in [0.2, 0.25) is 0 Å². The van der Waals surface area contributed by atoms with E-state index in [1.54, 1.807) is 35.6 Å². The summed E-state index contributed by atoms with van der Waals surface area (Å²) in [5.41, 5.74) is 1.69. The first-order chi connectivity index (χ1) is 15.0. The largest absolute Gasteiger partial charge is 0.486 e. The van der Waals surface area contributed by atoms with Gasteiger partial charge in [0.05, 0.1) is 18.9 Å². The molecule has 0 spiro atoms. The Hall–Kier alpha value is -2.52. The smallest absolute Gasteiger partial charge is 0.254 e. The van der Waals surface area contributed by atoms with Gasteiger partial charge in [-0.2, -0.15) is 0 Å². The van der Waals surface area contributed by atoms with Crippen molar-refractivity contribution < 1.29 is 23.8 Å². The molecule has 0 radical (unpaired) electrons. The summed E-state index contributed by atoms with van der Waals surface area (Å²) >= 11 is 7.59. The van der Waals surface area contributed by atoms with Gasteiger partial charge in [0.1, 0.15) is 23.2 Å². The molecule has 0 atom stereocenters. The predicted octanol–water partition coefficient (Wildman–Crippen LogP) is 4.30. The standard InChI is InChI=1S/C22H22ClFN2O4S/c1-29-9-8-26(22(28)15-2-5-18(24)6-3-15)11-16-10-17(23)4-7-20(16)30-13-21-25-19(12-27)14-31-21/h2-7,10,14,27H,8-9,11-13H2,1H3. The van der Waals surface area contributed by atoms with Crippen LogP contribution in [-0.4, -0.2) is 41.2 Å². The lowest BCUT2D eigenvalue weighted by atomic mass is 10.1. The Morgan fingerprint density at radius 1 is 1.26 bits per heavy atom. The van der Waals surface area contributed by atoms with Crippen LogP contribution in [0.5, 0.6) is 5.75 Å². The monoisotopic (exact) mass is 464 g/mol. The molecular formula is C22H22ClFN2O4S. The molecule has 2 aromatic carbocycles. The summed E-state index contributed by atoms with van der Waals surface area (Å²) in [5.74, 6) is -0.0907. The number of hydrogen-bond donors (Lipinski definition) is 1. The number of methoxy groups -OCH3 is 1. The van der Waals surface area contributed by atoms with Crippen LogP contribution in [0.1, 0.15) is 26.6 Å². The number of carbonyl (C=O) groups excluding carboxylic acids is 1. The summed E-state index contributed by atoms with van der Waals surface area (Å²) in [6.45, 7) is 1.01. The van der Waals surface area contributed by atoms with Crippen molar-refractivity contribution in [2.45, 2.75) is 19.8 Å². The molecule has 0 saturated carbocycles. The molecule has 0 aliphatic carbocycles. The molecule has 6 nitrogen and oxygen atoms in total. The molecule has 1 amide bonds. The van der Waals surface area contributed by atoms with Gasteiger partial charge in [-0.3, -0.25) is 4.79 Å². The number of aliphatic hydroxyl groups excluding tert-OH is 1. The van der Waals surface area contributed by atoms with Gasteiger partial charge < -0.3 is 19.5 Å². The second-order valence-corrected chi connectivity index (χ2v) is 8.04. The van der Waals surface area contributed by atoms with E-state index in [1.807, 2.05) is 0 Å². The molecule has 1 aromatic heterocycles.